The molecule has 2 N–H and O–H groups in total. The lowest BCUT2D eigenvalue weighted by atomic mass is 10.1. The zero-order valence-corrected chi connectivity index (χ0v) is 26.3. The van der Waals surface area contributed by atoms with Gasteiger partial charge in [0.25, 0.3) is 11.8 Å². The molecule has 4 aromatic rings. The van der Waals surface area contributed by atoms with Crippen LogP contribution >= 0.6 is 23.5 Å². The standard InChI is InChI=1S/C34H28N2O8S2/c1-41-21-15-11-19(12-16-21)29-27(31(37)35-23-7-3-5-9-25(23)45-29)43-33(39)34(40)44-28-30(20-13-17-22(42-2)18-14-20)46-26-10-6-4-8-24(26)36-32(28)38/h3-18,27-30H,1-2H3,(H,35,37)(H,36,38)/t27-,28-,29+,30+/m1/s1. The Bertz CT molecular complexity index is 1650. The molecular weight excluding hydrogens is 629 g/mol. The van der Waals surface area contributed by atoms with Crippen molar-refractivity contribution in [3.05, 3.63) is 108 Å². The molecule has 2 aliphatic rings. The predicted molar refractivity (Wildman–Crippen MR) is 173 cm³/mol. The third-order valence-corrected chi connectivity index (χ3v) is 10.2. The summed E-state index contributed by atoms with van der Waals surface area (Å²) in [5.41, 5.74) is 2.43. The molecule has 46 heavy (non-hydrogen) atoms. The number of fused-ring (bicyclic) bond motifs is 2. The Labute approximate surface area is 273 Å². The molecule has 0 radical (unpaired) electrons. The smallest absolute Gasteiger partial charge is 0.418 e. The minimum atomic E-state index is -1.41. The Balaban J connectivity index is 1.27. The van der Waals surface area contributed by atoms with Crippen molar-refractivity contribution in [2.75, 3.05) is 24.9 Å². The number of nitrogens with one attached hydrogen (secondary N) is 2. The van der Waals surface area contributed by atoms with Gasteiger partial charge in [0.15, 0.2) is 12.2 Å². The minimum Gasteiger partial charge on any atom is -0.497 e. The zero-order chi connectivity index (χ0) is 32.2. The molecule has 0 aromatic heterocycles. The Morgan fingerprint density at radius 3 is 1.30 bits per heavy atom. The maximum atomic E-state index is 13.5. The number of anilines is 2. The number of thioether (sulfide) groups is 2. The average molecular weight is 657 g/mol. The van der Waals surface area contributed by atoms with Crippen LogP contribution in [0.25, 0.3) is 0 Å². The van der Waals surface area contributed by atoms with Gasteiger partial charge >= 0.3 is 11.9 Å². The van der Waals surface area contributed by atoms with Gasteiger partial charge in [-0.3, -0.25) is 9.59 Å². The summed E-state index contributed by atoms with van der Waals surface area (Å²) in [7, 11) is 3.08. The van der Waals surface area contributed by atoms with E-state index in [1.54, 1.807) is 87.0 Å². The molecule has 0 bridgehead atoms. The first-order chi connectivity index (χ1) is 22.3. The molecule has 0 spiro atoms. The molecule has 0 fully saturated rings. The molecule has 2 heterocycles. The van der Waals surface area contributed by atoms with Crippen LogP contribution in [0.1, 0.15) is 21.6 Å². The highest BCUT2D eigenvalue weighted by Crippen LogP contribution is 2.46. The van der Waals surface area contributed by atoms with E-state index in [2.05, 4.69) is 10.6 Å². The molecule has 2 aliphatic heterocycles. The number of carbonyl (C=O) groups excluding carboxylic acids is 4. The Kier molecular flexibility index (Phi) is 9.18. The summed E-state index contributed by atoms with van der Waals surface area (Å²) in [4.78, 5) is 55.2. The number of hydrogen-bond donors (Lipinski definition) is 2. The van der Waals surface area contributed by atoms with E-state index < -0.39 is 46.5 Å². The van der Waals surface area contributed by atoms with Gasteiger partial charge in [-0.25, -0.2) is 9.59 Å². The van der Waals surface area contributed by atoms with Crippen LogP contribution in [0, 0.1) is 0 Å². The lowest BCUT2D eigenvalue weighted by Gasteiger charge is -2.25. The molecule has 10 nitrogen and oxygen atoms in total. The van der Waals surface area contributed by atoms with Crippen molar-refractivity contribution in [3.63, 3.8) is 0 Å². The lowest BCUT2D eigenvalue weighted by molar-refractivity contribution is -0.175. The summed E-state index contributed by atoms with van der Waals surface area (Å²) in [6.45, 7) is 0. The molecule has 2 amide bonds. The van der Waals surface area contributed by atoms with Crippen molar-refractivity contribution in [1.29, 1.82) is 0 Å². The van der Waals surface area contributed by atoms with Gasteiger partial charge in [-0.05, 0) is 59.7 Å². The predicted octanol–water partition coefficient (Wildman–Crippen LogP) is 5.80. The number of methoxy groups -OCH3 is 2. The van der Waals surface area contributed by atoms with Crippen LogP contribution in [-0.2, 0) is 28.7 Å². The molecular formula is C34H28N2O8S2. The van der Waals surface area contributed by atoms with Gasteiger partial charge in [-0.2, -0.15) is 0 Å². The first kappa shape index (κ1) is 31.1. The molecule has 6 rings (SSSR count). The third-order valence-electron chi connectivity index (χ3n) is 7.39. The quantitative estimate of drug-likeness (QED) is 0.194. The van der Waals surface area contributed by atoms with Crippen LogP contribution in [0.5, 0.6) is 11.5 Å². The third kappa shape index (κ3) is 6.53. The van der Waals surface area contributed by atoms with Crippen LogP contribution in [0.4, 0.5) is 11.4 Å². The number of rotatable bonds is 6. The van der Waals surface area contributed by atoms with Gasteiger partial charge < -0.3 is 29.6 Å². The van der Waals surface area contributed by atoms with E-state index in [0.29, 0.717) is 34.0 Å². The topological polar surface area (TPSA) is 129 Å². The van der Waals surface area contributed by atoms with Crippen molar-refractivity contribution in [2.45, 2.75) is 32.5 Å². The van der Waals surface area contributed by atoms with E-state index in [1.807, 2.05) is 24.3 Å². The van der Waals surface area contributed by atoms with Crippen molar-refractivity contribution in [2.24, 2.45) is 0 Å². The second kappa shape index (κ2) is 13.6. The number of carbonyl (C=O) groups is 4. The summed E-state index contributed by atoms with van der Waals surface area (Å²) in [6.07, 6.45) is -2.82. The first-order valence-electron chi connectivity index (χ1n) is 14.2. The van der Waals surface area contributed by atoms with Crippen molar-refractivity contribution >= 4 is 58.7 Å². The summed E-state index contributed by atoms with van der Waals surface area (Å²) >= 11 is 2.62. The minimum absolute atomic E-state index is 0.547. The van der Waals surface area contributed by atoms with E-state index >= 15 is 0 Å². The van der Waals surface area contributed by atoms with Crippen molar-refractivity contribution in [3.8, 4) is 11.5 Å². The van der Waals surface area contributed by atoms with E-state index in [-0.39, 0.29) is 0 Å². The molecule has 0 unspecified atom stereocenters. The number of para-hydroxylation sites is 2. The molecule has 0 saturated heterocycles. The van der Waals surface area contributed by atoms with Crippen LogP contribution in [0.15, 0.2) is 107 Å². The van der Waals surface area contributed by atoms with E-state index in [9.17, 15) is 19.2 Å². The Morgan fingerprint density at radius 2 is 0.935 bits per heavy atom. The van der Waals surface area contributed by atoms with E-state index in [0.717, 1.165) is 9.79 Å². The summed E-state index contributed by atoms with van der Waals surface area (Å²) in [6, 6.07) is 28.4. The van der Waals surface area contributed by atoms with Crippen molar-refractivity contribution < 1.29 is 38.1 Å². The number of esters is 2. The average Bonchev–Trinajstić information content (AvgIpc) is 3.31. The first-order valence-corrected chi connectivity index (χ1v) is 15.9. The Hall–Kier alpha value is -4.94. The number of hydrogen-bond acceptors (Lipinski definition) is 10. The van der Waals surface area contributed by atoms with Gasteiger partial charge in [0, 0.05) is 9.79 Å². The zero-order valence-electron chi connectivity index (χ0n) is 24.6. The number of ether oxygens (including phenoxy) is 4. The van der Waals surface area contributed by atoms with Crippen LogP contribution in [-0.4, -0.2) is 50.2 Å². The van der Waals surface area contributed by atoms with Gasteiger partial charge in [-0.15, -0.1) is 23.5 Å². The lowest BCUT2D eigenvalue weighted by Crippen LogP contribution is -2.41. The summed E-state index contributed by atoms with van der Waals surface area (Å²) in [5.74, 6) is -2.83. The molecule has 4 aromatic carbocycles. The number of benzene rings is 4. The second-order valence-electron chi connectivity index (χ2n) is 10.2. The maximum Gasteiger partial charge on any atom is 0.418 e. The fourth-order valence-corrected chi connectivity index (χ4v) is 7.60. The van der Waals surface area contributed by atoms with Gasteiger partial charge in [-0.1, -0.05) is 48.5 Å². The van der Waals surface area contributed by atoms with Crippen molar-refractivity contribution in [1.82, 2.24) is 0 Å². The van der Waals surface area contributed by atoms with Crippen LogP contribution in [0.3, 0.4) is 0 Å². The fourth-order valence-electron chi connectivity index (χ4n) is 5.06. The van der Waals surface area contributed by atoms with Gasteiger partial charge in [0.05, 0.1) is 36.1 Å². The van der Waals surface area contributed by atoms with Gasteiger partial charge in [0.2, 0.25) is 0 Å². The van der Waals surface area contributed by atoms with E-state index in [4.69, 9.17) is 18.9 Å². The highest BCUT2D eigenvalue weighted by atomic mass is 32.2. The molecule has 234 valence electrons. The fraction of sp³-hybridized carbons (Fsp3) is 0.176. The number of amides is 2. The SMILES string of the molecule is COc1ccc([C@@H]2Sc3ccccc3NC(=O)[C@@H]2OC(=O)C(=O)O[C@H]2C(=O)Nc3ccccc3S[C@H]2c2ccc(OC)cc2)cc1. The van der Waals surface area contributed by atoms with Crippen LogP contribution < -0.4 is 20.1 Å². The maximum absolute atomic E-state index is 13.5. The van der Waals surface area contributed by atoms with Crippen LogP contribution in [0.2, 0.25) is 0 Å². The Morgan fingerprint density at radius 1 is 0.565 bits per heavy atom. The second-order valence-corrected chi connectivity index (χ2v) is 12.6. The molecule has 12 heteroatoms. The molecule has 4 atom stereocenters. The van der Waals surface area contributed by atoms with E-state index in [1.165, 1.54) is 23.5 Å². The monoisotopic (exact) mass is 656 g/mol. The summed E-state index contributed by atoms with van der Waals surface area (Å²) in [5, 5.41) is 4.15. The molecule has 0 aliphatic carbocycles. The largest absolute Gasteiger partial charge is 0.497 e. The highest BCUT2D eigenvalue weighted by molar-refractivity contribution is 8.00. The molecule has 0 saturated carbocycles. The summed E-state index contributed by atoms with van der Waals surface area (Å²) < 4.78 is 21.8. The highest BCUT2D eigenvalue weighted by Gasteiger charge is 2.42. The van der Waals surface area contributed by atoms with Gasteiger partial charge in [0.1, 0.15) is 11.5 Å². The normalized spacial score (nSPS) is 20.4.